The molecule has 0 aromatic rings. The second-order valence-corrected chi connectivity index (χ2v) is 7.45. The first-order chi connectivity index (χ1) is 8.89. The lowest BCUT2D eigenvalue weighted by Gasteiger charge is -2.50. The molecule has 1 aliphatic heterocycles. The molecule has 1 saturated heterocycles. The molecule has 3 rings (SSSR count). The summed E-state index contributed by atoms with van der Waals surface area (Å²) in [4.78, 5) is 27.4. The van der Waals surface area contributed by atoms with Crippen LogP contribution in [0.3, 0.4) is 0 Å². The Morgan fingerprint density at radius 2 is 1.63 bits per heavy atom. The highest BCUT2D eigenvalue weighted by atomic mass is 16.2. The zero-order valence-electron chi connectivity index (χ0n) is 12.4. The summed E-state index contributed by atoms with van der Waals surface area (Å²) in [5.41, 5.74) is -0.505. The molecule has 19 heavy (non-hydrogen) atoms. The fraction of sp³-hybridized carbons (Fsp3) is 0.875. The molecule has 2 aliphatic carbocycles. The molecule has 0 aromatic heterocycles. The number of fused-ring (bicyclic) bond motifs is 2. The van der Waals surface area contributed by atoms with Crippen LogP contribution in [0.2, 0.25) is 0 Å². The minimum atomic E-state index is -0.330. The van der Waals surface area contributed by atoms with Gasteiger partial charge in [-0.15, -0.1) is 0 Å². The van der Waals surface area contributed by atoms with E-state index in [2.05, 4.69) is 20.8 Å². The van der Waals surface area contributed by atoms with Gasteiger partial charge in [-0.05, 0) is 31.1 Å². The minimum absolute atomic E-state index is 0.0529. The Kier molecular flexibility index (Phi) is 2.81. The first kappa shape index (κ1) is 13.1. The topological polar surface area (TPSA) is 37.4 Å². The van der Waals surface area contributed by atoms with Crippen molar-refractivity contribution in [2.45, 2.75) is 71.8 Å². The van der Waals surface area contributed by atoms with Gasteiger partial charge in [0.15, 0.2) is 0 Å². The van der Waals surface area contributed by atoms with Crippen molar-refractivity contribution in [1.29, 1.82) is 0 Å². The third-order valence-corrected chi connectivity index (χ3v) is 6.39. The molecule has 0 radical (unpaired) electrons. The normalized spacial score (nSPS) is 38.9. The van der Waals surface area contributed by atoms with Crippen molar-refractivity contribution in [3.63, 3.8) is 0 Å². The van der Waals surface area contributed by atoms with Crippen LogP contribution < -0.4 is 0 Å². The first-order valence-electron chi connectivity index (χ1n) is 7.77. The fourth-order valence-electron chi connectivity index (χ4n) is 4.53. The lowest BCUT2D eigenvalue weighted by atomic mass is 9.62. The maximum absolute atomic E-state index is 12.9. The van der Waals surface area contributed by atoms with Gasteiger partial charge in [0.05, 0.1) is 5.41 Å². The predicted octanol–water partition coefficient (Wildman–Crippen LogP) is 3.13. The van der Waals surface area contributed by atoms with E-state index in [0.717, 1.165) is 38.5 Å². The van der Waals surface area contributed by atoms with Gasteiger partial charge in [0.2, 0.25) is 11.8 Å². The van der Waals surface area contributed by atoms with Crippen LogP contribution in [0.5, 0.6) is 0 Å². The SMILES string of the molecule is CC1(C)[C@@H]2CC[C@@]1(C)C(=O)N(C1CCCCC1)C2=O. The lowest BCUT2D eigenvalue weighted by Crippen LogP contribution is -2.61. The van der Waals surface area contributed by atoms with Gasteiger partial charge in [-0.1, -0.05) is 40.0 Å². The van der Waals surface area contributed by atoms with Gasteiger partial charge in [0, 0.05) is 12.0 Å². The number of likely N-dealkylation sites (tertiary alicyclic amines) is 1. The summed E-state index contributed by atoms with van der Waals surface area (Å²) in [5, 5.41) is 0. The Hall–Kier alpha value is -0.860. The molecule has 0 spiro atoms. The minimum Gasteiger partial charge on any atom is -0.279 e. The highest BCUT2D eigenvalue weighted by molar-refractivity contribution is 6.04. The molecule has 2 bridgehead atoms. The molecule has 3 aliphatic rings. The van der Waals surface area contributed by atoms with Crippen molar-refractivity contribution in [3.8, 4) is 0 Å². The van der Waals surface area contributed by atoms with Crippen LogP contribution in [-0.2, 0) is 9.59 Å². The average molecular weight is 263 g/mol. The number of amides is 2. The summed E-state index contributed by atoms with van der Waals surface area (Å²) in [6, 6.07) is 0.185. The van der Waals surface area contributed by atoms with E-state index in [4.69, 9.17) is 0 Å². The van der Waals surface area contributed by atoms with Gasteiger partial charge in [-0.25, -0.2) is 0 Å². The Balaban J connectivity index is 1.96. The Morgan fingerprint density at radius 1 is 1.00 bits per heavy atom. The van der Waals surface area contributed by atoms with Gasteiger partial charge in [0.25, 0.3) is 0 Å². The van der Waals surface area contributed by atoms with Crippen LogP contribution in [0.15, 0.2) is 0 Å². The van der Waals surface area contributed by atoms with Crippen LogP contribution >= 0.6 is 0 Å². The smallest absolute Gasteiger partial charge is 0.235 e. The number of hydrogen-bond acceptors (Lipinski definition) is 2. The highest BCUT2D eigenvalue weighted by Crippen LogP contribution is 2.60. The van der Waals surface area contributed by atoms with Gasteiger partial charge < -0.3 is 0 Å². The number of carbonyl (C=O) groups excluding carboxylic acids is 2. The molecule has 2 atom stereocenters. The van der Waals surface area contributed by atoms with Crippen molar-refractivity contribution in [1.82, 2.24) is 4.90 Å². The Morgan fingerprint density at radius 3 is 2.26 bits per heavy atom. The number of piperidine rings is 1. The van der Waals surface area contributed by atoms with E-state index in [0.29, 0.717) is 0 Å². The third-order valence-electron chi connectivity index (χ3n) is 6.39. The Labute approximate surface area is 115 Å². The quantitative estimate of drug-likeness (QED) is 0.682. The maximum atomic E-state index is 12.9. The zero-order valence-corrected chi connectivity index (χ0v) is 12.4. The predicted molar refractivity (Wildman–Crippen MR) is 73.3 cm³/mol. The molecule has 1 heterocycles. The van der Waals surface area contributed by atoms with Crippen LogP contribution in [0, 0.1) is 16.7 Å². The summed E-state index contributed by atoms with van der Waals surface area (Å²) in [6.45, 7) is 6.30. The number of carbonyl (C=O) groups is 2. The molecule has 3 heteroatoms. The summed E-state index contributed by atoms with van der Waals surface area (Å²) in [6.07, 6.45) is 7.36. The maximum Gasteiger partial charge on any atom is 0.235 e. The van der Waals surface area contributed by atoms with Gasteiger partial charge in [-0.2, -0.15) is 0 Å². The number of imide groups is 1. The van der Waals surface area contributed by atoms with E-state index in [1.807, 2.05) is 0 Å². The van der Waals surface area contributed by atoms with E-state index >= 15 is 0 Å². The second kappa shape index (κ2) is 4.07. The van der Waals surface area contributed by atoms with Crippen molar-refractivity contribution in [2.75, 3.05) is 0 Å². The fourth-order valence-corrected chi connectivity index (χ4v) is 4.53. The zero-order chi connectivity index (χ0) is 13.8. The van der Waals surface area contributed by atoms with Gasteiger partial charge in [0.1, 0.15) is 0 Å². The molecule has 0 aromatic carbocycles. The Bertz CT molecular complexity index is 422. The van der Waals surface area contributed by atoms with Crippen molar-refractivity contribution >= 4 is 11.8 Å². The molecule has 2 saturated carbocycles. The highest BCUT2D eigenvalue weighted by Gasteiger charge is 2.65. The van der Waals surface area contributed by atoms with E-state index in [1.54, 1.807) is 4.90 Å². The number of nitrogens with zero attached hydrogens (tertiary/aromatic N) is 1. The van der Waals surface area contributed by atoms with Gasteiger partial charge in [-0.3, -0.25) is 14.5 Å². The number of hydrogen-bond donors (Lipinski definition) is 0. The van der Waals surface area contributed by atoms with Gasteiger partial charge >= 0.3 is 0 Å². The summed E-state index contributed by atoms with van der Waals surface area (Å²) in [7, 11) is 0. The monoisotopic (exact) mass is 263 g/mol. The van der Waals surface area contributed by atoms with Crippen LogP contribution in [-0.4, -0.2) is 22.8 Å². The summed E-state index contributed by atoms with van der Waals surface area (Å²) in [5.74, 6) is 0.289. The molecule has 2 amide bonds. The molecule has 3 fully saturated rings. The molecular formula is C16H25NO2. The number of rotatable bonds is 1. The standard InChI is InChI=1S/C16H25NO2/c1-15(2)12-9-10-16(15,3)14(19)17(13(12)18)11-7-5-4-6-8-11/h11-12H,4-10H2,1-3H3/t12-,16+/m1/s1. The molecular weight excluding hydrogens is 238 g/mol. The third kappa shape index (κ3) is 1.56. The van der Waals surface area contributed by atoms with Crippen molar-refractivity contribution < 1.29 is 9.59 Å². The van der Waals surface area contributed by atoms with Crippen molar-refractivity contribution in [3.05, 3.63) is 0 Å². The van der Waals surface area contributed by atoms with Crippen LogP contribution in [0.25, 0.3) is 0 Å². The molecule has 0 unspecified atom stereocenters. The average Bonchev–Trinajstić information content (AvgIpc) is 2.56. The molecule has 106 valence electrons. The summed E-state index contributed by atoms with van der Waals surface area (Å²) >= 11 is 0. The molecule has 0 N–H and O–H groups in total. The van der Waals surface area contributed by atoms with E-state index in [9.17, 15) is 9.59 Å². The van der Waals surface area contributed by atoms with E-state index in [1.165, 1.54) is 6.42 Å². The van der Waals surface area contributed by atoms with E-state index in [-0.39, 0.29) is 34.6 Å². The van der Waals surface area contributed by atoms with Crippen molar-refractivity contribution in [2.24, 2.45) is 16.7 Å². The second-order valence-electron chi connectivity index (χ2n) is 7.45. The molecule has 3 nitrogen and oxygen atoms in total. The largest absolute Gasteiger partial charge is 0.279 e. The lowest BCUT2D eigenvalue weighted by molar-refractivity contribution is -0.171. The summed E-state index contributed by atoms with van der Waals surface area (Å²) < 4.78 is 0. The first-order valence-corrected chi connectivity index (χ1v) is 7.77. The van der Waals surface area contributed by atoms with Crippen LogP contribution in [0.1, 0.15) is 65.7 Å². The van der Waals surface area contributed by atoms with Crippen LogP contribution in [0.4, 0.5) is 0 Å². The van der Waals surface area contributed by atoms with E-state index < -0.39 is 0 Å².